The summed E-state index contributed by atoms with van der Waals surface area (Å²) in [5.41, 5.74) is 7.61. The van der Waals surface area contributed by atoms with E-state index in [1.165, 1.54) is 5.56 Å². The predicted octanol–water partition coefficient (Wildman–Crippen LogP) is 4.25. The zero-order chi connectivity index (χ0) is 14.4. The zero-order valence-corrected chi connectivity index (χ0v) is 13.5. The van der Waals surface area contributed by atoms with Gasteiger partial charge in [0, 0.05) is 16.5 Å². The Balaban J connectivity index is 2.89. The van der Waals surface area contributed by atoms with E-state index in [1.54, 1.807) is 7.11 Å². The van der Waals surface area contributed by atoms with Gasteiger partial charge in [-0.2, -0.15) is 0 Å². The largest absolute Gasteiger partial charge is 0.497 e. The van der Waals surface area contributed by atoms with Crippen molar-refractivity contribution in [1.82, 2.24) is 0 Å². The SMILES string of the molecule is CCC(N)C(SC(C)C(C)C)c1ccc(OC)cc1. The van der Waals surface area contributed by atoms with Gasteiger partial charge in [0.1, 0.15) is 5.75 Å². The van der Waals surface area contributed by atoms with E-state index in [9.17, 15) is 0 Å². The van der Waals surface area contributed by atoms with Crippen LogP contribution < -0.4 is 10.5 Å². The number of rotatable bonds is 7. The molecule has 19 heavy (non-hydrogen) atoms. The van der Waals surface area contributed by atoms with Crippen molar-refractivity contribution in [1.29, 1.82) is 0 Å². The van der Waals surface area contributed by atoms with Gasteiger partial charge in [0.2, 0.25) is 0 Å². The number of ether oxygens (including phenoxy) is 1. The summed E-state index contributed by atoms with van der Waals surface area (Å²) in [4.78, 5) is 0. The Morgan fingerprint density at radius 1 is 1.16 bits per heavy atom. The van der Waals surface area contributed by atoms with Crippen LogP contribution in [0.1, 0.15) is 44.9 Å². The molecule has 0 fully saturated rings. The molecule has 108 valence electrons. The van der Waals surface area contributed by atoms with Gasteiger partial charge in [-0.15, -0.1) is 11.8 Å². The van der Waals surface area contributed by atoms with Gasteiger partial charge in [0.05, 0.1) is 7.11 Å². The Hall–Kier alpha value is -0.670. The minimum absolute atomic E-state index is 0.194. The molecule has 0 aliphatic rings. The molecule has 3 atom stereocenters. The lowest BCUT2D eigenvalue weighted by Gasteiger charge is -2.27. The Labute approximate surface area is 122 Å². The average Bonchev–Trinajstić information content (AvgIpc) is 2.43. The van der Waals surface area contributed by atoms with Crippen LogP contribution >= 0.6 is 11.8 Å². The second-order valence-corrected chi connectivity index (χ2v) is 6.87. The van der Waals surface area contributed by atoms with E-state index in [4.69, 9.17) is 10.5 Å². The molecule has 0 aromatic heterocycles. The average molecular weight is 281 g/mol. The van der Waals surface area contributed by atoms with Crippen LogP contribution in [0.25, 0.3) is 0 Å². The highest BCUT2D eigenvalue weighted by molar-refractivity contribution is 8.00. The first-order valence-electron chi connectivity index (χ1n) is 7.04. The van der Waals surface area contributed by atoms with Crippen LogP contribution in [0.15, 0.2) is 24.3 Å². The number of hydrogen-bond donors (Lipinski definition) is 1. The van der Waals surface area contributed by atoms with E-state index < -0.39 is 0 Å². The molecule has 0 radical (unpaired) electrons. The van der Waals surface area contributed by atoms with E-state index in [0.717, 1.165) is 12.2 Å². The predicted molar refractivity (Wildman–Crippen MR) is 85.9 cm³/mol. The molecule has 2 nitrogen and oxygen atoms in total. The smallest absolute Gasteiger partial charge is 0.118 e. The first kappa shape index (κ1) is 16.4. The van der Waals surface area contributed by atoms with Crippen molar-refractivity contribution in [3.05, 3.63) is 29.8 Å². The van der Waals surface area contributed by atoms with E-state index in [0.29, 0.717) is 16.4 Å². The standard InChI is InChI=1S/C16H27NOS/c1-6-15(17)16(19-12(4)11(2)3)13-7-9-14(18-5)10-8-13/h7-12,15-16H,6,17H2,1-5H3. The molecular formula is C16H27NOS. The van der Waals surface area contributed by atoms with E-state index in [2.05, 4.69) is 39.8 Å². The van der Waals surface area contributed by atoms with E-state index in [-0.39, 0.29) is 6.04 Å². The molecule has 0 saturated heterocycles. The fraction of sp³-hybridized carbons (Fsp3) is 0.625. The van der Waals surface area contributed by atoms with Gasteiger partial charge < -0.3 is 10.5 Å². The summed E-state index contributed by atoms with van der Waals surface area (Å²) in [5.74, 6) is 1.56. The van der Waals surface area contributed by atoms with Crippen molar-refractivity contribution >= 4 is 11.8 Å². The van der Waals surface area contributed by atoms with Gasteiger partial charge in [0.25, 0.3) is 0 Å². The molecular weight excluding hydrogens is 254 g/mol. The molecule has 0 heterocycles. The summed E-state index contributed by atoms with van der Waals surface area (Å²) >= 11 is 1.99. The van der Waals surface area contributed by atoms with Gasteiger partial charge >= 0.3 is 0 Å². The normalized spacial score (nSPS) is 16.2. The third-order valence-corrected chi connectivity index (χ3v) is 5.49. The number of benzene rings is 1. The third kappa shape index (κ3) is 4.73. The van der Waals surface area contributed by atoms with Crippen molar-refractivity contribution in [3.63, 3.8) is 0 Å². The summed E-state index contributed by atoms with van der Waals surface area (Å²) in [6.07, 6.45) is 0.995. The maximum absolute atomic E-state index is 6.32. The summed E-state index contributed by atoms with van der Waals surface area (Å²) < 4.78 is 5.22. The topological polar surface area (TPSA) is 35.2 Å². The Morgan fingerprint density at radius 3 is 2.16 bits per heavy atom. The molecule has 1 aromatic carbocycles. The van der Waals surface area contributed by atoms with Crippen molar-refractivity contribution in [2.75, 3.05) is 7.11 Å². The second-order valence-electron chi connectivity index (χ2n) is 5.35. The van der Waals surface area contributed by atoms with Crippen LogP contribution in [0.2, 0.25) is 0 Å². The molecule has 0 amide bonds. The summed E-state index contributed by atoms with van der Waals surface area (Å²) in [6, 6.07) is 8.51. The van der Waals surface area contributed by atoms with Crippen LogP contribution in [0.4, 0.5) is 0 Å². The summed E-state index contributed by atoms with van der Waals surface area (Å²) in [5, 5.41) is 0.956. The van der Waals surface area contributed by atoms with Crippen LogP contribution in [0.5, 0.6) is 5.75 Å². The highest BCUT2D eigenvalue weighted by Crippen LogP contribution is 2.38. The minimum Gasteiger partial charge on any atom is -0.497 e. The number of hydrogen-bond acceptors (Lipinski definition) is 3. The van der Waals surface area contributed by atoms with Gasteiger partial charge in [-0.3, -0.25) is 0 Å². The number of methoxy groups -OCH3 is 1. The highest BCUT2D eigenvalue weighted by Gasteiger charge is 2.23. The third-order valence-electron chi connectivity index (χ3n) is 3.60. The Bertz CT molecular complexity index is 364. The van der Waals surface area contributed by atoms with Gasteiger partial charge in [-0.05, 0) is 30.0 Å². The van der Waals surface area contributed by atoms with Crippen molar-refractivity contribution in [3.8, 4) is 5.75 Å². The fourth-order valence-corrected chi connectivity index (χ4v) is 3.31. The maximum Gasteiger partial charge on any atom is 0.118 e. The summed E-state index contributed by atoms with van der Waals surface area (Å²) in [6.45, 7) is 8.97. The monoisotopic (exact) mass is 281 g/mol. The minimum atomic E-state index is 0.194. The van der Waals surface area contributed by atoms with Crippen molar-refractivity contribution in [2.24, 2.45) is 11.7 Å². The first-order valence-corrected chi connectivity index (χ1v) is 7.98. The van der Waals surface area contributed by atoms with Crippen molar-refractivity contribution < 1.29 is 4.74 Å². The molecule has 0 spiro atoms. The quantitative estimate of drug-likeness (QED) is 0.811. The Kier molecular flexibility index (Phi) is 6.73. The lowest BCUT2D eigenvalue weighted by Crippen LogP contribution is -2.27. The van der Waals surface area contributed by atoms with Gasteiger partial charge in [-0.1, -0.05) is 39.8 Å². The fourth-order valence-electron chi connectivity index (χ4n) is 1.82. The molecule has 0 aliphatic heterocycles. The zero-order valence-electron chi connectivity index (χ0n) is 12.7. The van der Waals surface area contributed by atoms with Crippen LogP contribution in [0.3, 0.4) is 0 Å². The molecule has 3 heteroatoms. The van der Waals surface area contributed by atoms with Crippen LogP contribution in [0, 0.1) is 5.92 Å². The molecule has 0 saturated carbocycles. The molecule has 0 aliphatic carbocycles. The van der Waals surface area contributed by atoms with Crippen molar-refractivity contribution in [2.45, 2.75) is 50.7 Å². The highest BCUT2D eigenvalue weighted by atomic mass is 32.2. The lowest BCUT2D eigenvalue weighted by molar-refractivity contribution is 0.414. The first-order chi connectivity index (χ1) is 8.99. The van der Waals surface area contributed by atoms with Crippen LogP contribution in [-0.2, 0) is 0 Å². The Morgan fingerprint density at radius 2 is 1.74 bits per heavy atom. The molecule has 3 unspecified atom stereocenters. The van der Waals surface area contributed by atoms with Gasteiger partial charge in [0.15, 0.2) is 0 Å². The van der Waals surface area contributed by atoms with Gasteiger partial charge in [-0.25, -0.2) is 0 Å². The molecule has 2 N–H and O–H groups in total. The van der Waals surface area contributed by atoms with E-state index >= 15 is 0 Å². The second kappa shape index (κ2) is 7.81. The molecule has 0 bridgehead atoms. The summed E-state index contributed by atoms with van der Waals surface area (Å²) in [7, 11) is 1.69. The molecule has 1 aromatic rings. The van der Waals surface area contributed by atoms with E-state index in [1.807, 2.05) is 23.9 Å². The number of thioether (sulfide) groups is 1. The van der Waals surface area contributed by atoms with Crippen LogP contribution in [-0.4, -0.2) is 18.4 Å². The molecule has 1 rings (SSSR count). The number of nitrogens with two attached hydrogens (primary N) is 1. The maximum atomic E-state index is 6.32. The lowest BCUT2D eigenvalue weighted by atomic mass is 10.0.